The van der Waals surface area contributed by atoms with E-state index in [0.29, 0.717) is 6.42 Å². The van der Waals surface area contributed by atoms with Gasteiger partial charge in [0, 0.05) is 6.42 Å². The zero-order valence-corrected chi connectivity index (χ0v) is 9.48. The first-order chi connectivity index (χ1) is 6.24. The van der Waals surface area contributed by atoms with Crippen LogP contribution in [-0.2, 0) is 4.79 Å². The van der Waals surface area contributed by atoms with Gasteiger partial charge in [-0.05, 0) is 19.3 Å². The number of aliphatic hydroxyl groups is 1. The third kappa shape index (κ3) is 4.29. The standard InChI is InChI=1S/C10H19NO2.ClH/c1-2-5-10(13)11-8-6-3-4-7-9(8)12;/h8-9,12H,2-7H2,1H3,(H,11,13);1H/t8-,9-;/m0./s1. The lowest BCUT2D eigenvalue weighted by atomic mass is 9.92. The maximum absolute atomic E-state index is 11.2. The molecule has 2 atom stereocenters. The first kappa shape index (κ1) is 13.7. The van der Waals surface area contributed by atoms with Crippen molar-refractivity contribution in [2.24, 2.45) is 0 Å². The fourth-order valence-corrected chi connectivity index (χ4v) is 1.79. The summed E-state index contributed by atoms with van der Waals surface area (Å²) in [6, 6.07) is 0.00722. The molecule has 4 heteroatoms. The molecule has 1 aliphatic carbocycles. The normalized spacial score (nSPS) is 26.4. The van der Waals surface area contributed by atoms with Crippen LogP contribution in [0.4, 0.5) is 0 Å². The summed E-state index contributed by atoms with van der Waals surface area (Å²) < 4.78 is 0. The van der Waals surface area contributed by atoms with E-state index >= 15 is 0 Å². The molecule has 0 saturated heterocycles. The van der Waals surface area contributed by atoms with Crippen molar-refractivity contribution in [1.29, 1.82) is 0 Å². The first-order valence-corrected chi connectivity index (χ1v) is 5.21. The van der Waals surface area contributed by atoms with E-state index in [1.54, 1.807) is 0 Å². The fraction of sp³-hybridized carbons (Fsp3) is 0.900. The van der Waals surface area contributed by atoms with Crippen molar-refractivity contribution in [1.82, 2.24) is 5.32 Å². The predicted octanol–water partition coefficient (Wildman–Crippen LogP) is 1.63. The van der Waals surface area contributed by atoms with Gasteiger partial charge in [0.15, 0.2) is 0 Å². The Morgan fingerprint density at radius 2 is 2.07 bits per heavy atom. The topological polar surface area (TPSA) is 49.3 Å². The van der Waals surface area contributed by atoms with Crippen molar-refractivity contribution >= 4 is 18.3 Å². The summed E-state index contributed by atoms with van der Waals surface area (Å²) in [5.74, 6) is 0.0773. The van der Waals surface area contributed by atoms with E-state index in [9.17, 15) is 9.90 Å². The van der Waals surface area contributed by atoms with Gasteiger partial charge in [-0.15, -0.1) is 12.4 Å². The highest BCUT2D eigenvalue weighted by molar-refractivity contribution is 5.85. The second-order valence-electron chi connectivity index (χ2n) is 3.78. The van der Waals surface area contributed by atoms with Gasteiger partial charge in [-0.1, -0.05) is 19.8 Å². The average Bonchev–Trinajstić information content (AvgIpc) is 2.09. The Kier molecular flexibility index (Phi) is 6.93. The Hall–Kier alpha value is -0.280. The SMILES string of the molecule is CCCC(=O)N[C@H]1CCCC[C@@H]1O.Cl. The molecule has 3 nitrogen and oxygen atoms in total. The number of amides is 1. The van der Waals surface area contributed by atoms with Crippen molar-refractivity contribution in [2.75, 3.05) is 0 Å². The lowest BCUT2D eigenvalue weighted by molar-refractivity contribution is -0.123. The van der Waals surface area contributed by atoms with Crippen LogP contribution in [0.25, 0.3) is 0 Å². The van der Waals surface area contributed by atoms with Crippen LogP contribution in [0.2, 0.25) is 0 Å². The summed E-state index contributed by atoms with van der Waals surface area (Å²) in [5.41, 5.74) is 0. The molecule has 1 fully saturated rings. The molecule has 0 aromatic heterocycles. The molecule has 0 spiro atoms. The van der Waals surface area contributed by atoms with Gasteiger partial charge in [0.05, 0.1) is 12.1 Å². The van der Waals surface area contributed by atoms with Gasteiger partial charge in [-0.25, -0.2) is 0 Å². The van der Waals surface area contributed by atoms with Crippen molar-refractivity contribution in [3.63, 3.8) is 0 Å². The molecule has 0 unspecified atom stereocenters. The third-order valence-electron chi connectivity index (χ3n) is 2.55. The van der Waals surface area contributed by atoms with E-state index in [-0.39, 0.29) is 30.5 Å². The summed E-state index contributed by atoms with van der Waals surface area (Å²) in [4.78, 5) is 11.2. The highest BCUT2D eigenvalue weighted by Crippen LogP contribution is 2.18. The molecule has 84 valence electrons. The second kappa shape index (κ2) is 7.07. The second-order valence-corrected chi connectivity index (χ2v) is 3.78. The van der Waals surface area contributed by atoms with Gasteiger partial charge in [0.2, 0.25) is 5.91 Å². The molecule has 14 heavy (non-hydrogen) atoms. The summed E-state index contributed by atoms with van der Waals surface area (Å²) >= 11 is 0. The minimum Gasteiger partial charge on any atom is -0.391 e. The number of carbonyl (C=O) groups is 1. The van der Waals surface area contributed by atoms with Crippen molar-refractivity contribution in [3.05, 3.63) is 0 Å². The summed E-state index contributed by atoms with van der Waals surface area (Å²) in [5, 5.41) is 12.5. The summed E-state index contributed by atoms with van der Waals surface area (Å²) in [7, 11) is 0. The highest BCUT2D eigenvalue weighted by Gasteiger charge is 2.23. The van der Waals surface area contributed by atoms with Gasteiger partial charge in [0.25, 0.3) is 0 Å². The molecule has 0 aromatic carbocycles. The van der Waals surface area contributed by atoms with Crippen molar-refractivity contribution in [3.8, 4) is 0 Å². The maximum Gasteiger partial charge on any atom is 0.220 e. The van der Waals surface area contributed by atoms with Gasteiger partial charge in [-0.2, -0.15) is 0 Å². The fourth-order valence-electron chi connectivity index (χ4n) is 1.79. The number of nitrogens with one attached hydrogen (secondary N) is 1. The lowest BCUT2D eigenvalue weighted by Gasteiger charge is -2.28. The van der Waals surface area contributed by atoms with E-state index in [4.69, 9.17) is 0 Å². The zero-order valence-electron chi connectivity index (χ0n) is 8.66. The van der Waals surface area contributed by atoms with Crippen LogP contribution in [0.3, 0.4) is 0 Å². The Morgan fingerprint density at radius 3 is 2.64 bits per heavy atom. The van der Waals surface area contributed by atoms with Crippen LogP contribution < -0.4 is 5.32 Å². The zero-order chi connectivity index (χ0) is 9.68. The van der Waals surface area contributed by atoms with E-state index in [0.717, 1.165) is 32.1 Å². The third-order valence-corrected chi connectivity index (χ3v) is 2.55. The lowest BCUT2D eigenvalue weighted by Crippen LogP contribution is -2.44. The monoisotopic (exact) mass is 221 g/mol. The molecule has 1 rings (SSSR count). The number of aliphatic hydroxyl groups excluding tert-OH is 1. The van der Waals surface area contributed by atoms with E-state index in [1.165, 1.54) is 0 Å². The number of rotatable bonds is 3. The van der Waals surface area contributed by atoms with Crippen molar-refractivity contribution in [2.45, 2.75) is 57.6 Å². The number of hydrogen-bond donors (Lipinski definition) is 2. The number of carbonyl (C=O) groups excluding carboxylic acids is 1. The largest absolute Gasteiger partial charge is 0.391 e. The number of halogens is 1. The molecule has 0 radical (unpaired) electrons. The smallest absolute Gasteiger partial charge is 0.220 e. The van der Waals surface area contributed by atoms with Crippen LogP contribution in [0.15, 0.2) is 0 Å². The Balaban J connectivity index is 0.00000169. The van der Waals surface area contributed by atoms with Crippen LogP contribution >= 0.6 is 12.4 Å². The molecule has 1 amide bonds. The molecule has 0 aliphatic heterocycles. The quantitative estimate of drug-likeness (QED) is 0.761. The van der Waals surface area contributed by atoms with Gasteiger partial charge in [-0.3, -0.25) is 4.79 Å². The summed E-state index contributed by atoms with van der Waals surface area (Å²) in [6.07, 6.45) is 5.08. The Morgan fingerprint density at radius 1 is 1.43 bits per heavy atom. The van der Waals surface area contributed by atoms with Crippen molar-refractivity contribution < 1.29 is 9.90 Å². The highest BCUT2D eigenvalue weighted by atomic mass is 35.5. The minimum atomic E-state index is -0.324. The van der Waals surface area contributed by atoms with E-state index in [2.05, 4.69) is 5.32 Å². The molecule has 1 aliphatic rings. The van der Waals surface area contributed by atoms with Gasteiger partial charge < -0.3 is 10.4 Å². The maximum atomic E-state index is 11.2. The molecular weight excluding hydrogens is 202 g/mol. The molecule has 0 bridgehead atoms. The molecule has 2 N–H and O–H groups in total. The minimum absolute atomic E-state index is 0. The Bertz CT molecular complexity index is 176. The average molecular weight is 222 g/mol. The van der Waals surface area contributed by atoms with Gasteiger partial charge in [0.1, 0.15) is 0 Å². The molecule has 1 saturated carbocycles. The van der Waals surface area contributed by atoms with Crippen LogP contribution in [0.5, 0.6) is 0 Å². The van der Waals surface area contributed by atoms with Crippen LogP contribution in [0.1, 0.15) is 45.4 Å². The predicted molar refractivity (Wildman–Crippen MR) is 58.6 cm³/mol. The molecular formula is C10H20ClNO2. The van der Waals surface area contributed by atoms with Crippen LogP contribution in [0, 0.1) is 0 Å². The summed E-state index contributed by atoms with van der Waals surface area (Å²) in [6.45, 7) is 1.98. The van der Waals surface area contributed by atoms with Gasteiger partial charge >= 0.3 is 0 Å². The number of hydrogen-bond acceptors (Lipinski definition) is 2. The first-order valence-electron chi connectivity index (χ1n) is 5.21. The Labute approximate surface area is 91.7 Å². The molecule has 0 heterocycles. The van der Waals surface area contributed by atoms with E-state index in [1.807, 2.05) is 6.92 Å². The van der Waals surface area contributed by atoms with E-state index < -0.39 is 0 Å². The molecule has 0 aromatic rings. The van der Waals surface area contributed by atoms with Crippen LogP contribution in [-0.4, -0.2) is 23.2 Å².